The van der Waals surface area contributed by atoms with E-state index in [-0.39, 0.29) is 5.91 Å². The molecule has 2 bridgehead atoms. The van der Waals surface area contributed by atoms with Gasteiger partial charge in [0, 0.05) is 23.5 Å². The molecule has 1 aromatic carbocycles. The third-order valence-corrected chi connectivity index (χ3v) is 4.87. The van der Waals surface area contributed by atoms with Crippen LogP contribution < -0.4 is 5.32 Å². The number of amides is 1. The summed E-state index contributed by atoms with van der Waals surface area (Å²) in [5.41, 5.74) is 1.56. The third kappa shape index (κ3) is 2.33. The molecule has 1 aromatic heterocycles. The Morgan fingerprint density at radius 2 is 2.10 bits per heavy atom. The lowest BCUT2D eigenvalue weighted by Gasteiger charge is -2.44. The van der Waals surface area contributed by atoms with E-state index in [0.29, 0.717) is 12.0 Å². The Morgan fingerprint density at radius 1 is 1.29 bits per heavy atom. The van der Waals surface area contributed by atoms with Crippen molar-refractivity contribution in [2.45, 2.75) is 25.8 Å². The van der Waals surface area contributed by atoms with E-state index in [9.17, 15) is 4.79 Å². The number of carbonyl (C=O) groups excluding carboxylic acids is 1. The minimum atomic E-state index is 0.0366. The minimum absolute atomic E-state index is 0.0366. The zero-order valence-electron chi connectivity index (χ0n) is 12.3. The van der Waals surface area contributed by atoms with Crippen molar-refractivity contribution in [3.63, 3.8) is 0 Å². The average Bonchev–Trinajstić information content (AvgIpc) is 2.87. The quantitative estimate of drug-likeness (QED) is 0.922. The van der Waals surface area contributed by atoms with Crippen LogP contribution in [0.25, 0.3) is 11.0 Å². The molecule has 3 fully saturated rings. The van der Waals surface area contributed by atoms with Crippen molar-refractivity contribution < 1.29 is 9.21 Å². The molecule has 2 aromatic rings. The van der Waals surface area contributed by atoms with Crippen LogP contribution in [0.5, 0.6) is 0 Å². The van der Waals surface area contributed by atoms with E-state index in [2.05, 4.69) is 10.2 Å². The fourth-order valence-corrected chi connectivity index (χ4v) is 3.70. The number of nitrogens with one attached hydrogen (secondary N) is 1. The highest BCUT2D eigenvalue weighted by Crippen LogP contribution is 2.28. The lowest BCUT2D eigenvalue weighted by Crippen LogP contribution is -2.57. The third-order valence-electron chi connectivity index (χ3n) is 4.87. The van der Waals surface area contributed by atoms with Gasteiger partial charge in [-0.05, 0) is 63.0 Å². The normalized spacial score (nSPS) is 28.0. The van der Waals surface area contributed by atoms with Crippen molar-refractivity contribution in [3.05, 3.63) is 35.6 Å². The summed E-state index contributed by atoms with van der Waals surface area (Å²) in [5.74, 6) is 1.56. The first-order valence-electron chi connectivity index (χ1n) is 7.72. The molecular formula is C17H20N2O2. The predicted octanol–water partition coefficient (Wildman–Crippen LogP) is 2.57. The Labute approximate surface area is 124 Å². The molecule has 1 atom stereocenters. The molecule has 5 rings (SSSR count). The Hall–Kier alpha value is -1.81. The first kappa shape index (κ1) is 12.9. The molecule has 4 heterocycles. The molecule has 0 aliphatic carbocycles. The van der Waals surface area contributed by atoms with Gasteiger partial charge in [-0.15, -0.1) is 0 Å². The van der Waals surface area contributed by atoms with Gasteiger partial charge in [0.15, 0.2) is 0 Å². The fraction of sp³-hybridized carbons (Fsp3) is 0.471. The molecular weight excluding hydrogens is 264 g/mol. The van der Waals surface area contributed by atoms with Gasteiger partial charge in [0.05, 0.1) is 0 Å². The van der Waals surface area contributed by atoms with Crippen molar-refractivity contribution in [3.8, 4) is 0 Å². The van der Waals surface area contributed by atoms with Crippen LogP contribution in [0.3, 0.4) is 0 Å². The molecule has 1 amide bonds. The maximum absolute atomic E-state index is 12.5. The van der Waals surface area contributed by atoms with Crippen molar-refractivity contribution >= 4 is 16.9 Å². The number of benzene rings is 1. The molecule has 1 unspecified atom stereocenters. The number of furan rings is 1. The van der Waals surface area contributed by atoms with Gasteiger partial charge in [-0.25, -0.2) is 0 Å². The van der Waals surface area contributed by atoms with Crippen LogP contribution in [-0.4, -0.2) is 36.5 Å². The van der Waals surface area contributed by atoms with Crippen LogP contribution in [0.2, 0.25) is 0 Å². The van der Waals surface area contributed by atoms with Gasteiger partial charge >= 0.3 is 0 Å². The molecule has 4 heteroatoms. The molecule has 110 valence electrons. The fourth-order valence-electron chi connectivity index (χ4n) is 3.70. The van der Waals surface area contributed by atoms with Crippen molar-refractivity contribution in [1.29, 1.82) is 0 Å². The van der Waals surface area contributed by atoms with E-state index in [1.807, 2.05) is 31.2 Å². The standard InChI is InChI=1S/C17H20N2O2/c1-11-8-14-9-13(2-3-16(14)21-11)17(20)18-15-10-19-6-4-12(15)5-7-19/h2-3,8-9,12,15H,4-7,10H2,1H3,(H,18,20). The molecule has 1 N–H and O–H groups in total. The average molecular weight is 284 g/mol. The van der Waals surface area contributed by atoms with Crippen LogP contribution in [0.1, 0.15) is 29.0 Å². The van der Waals surface area contributed by atoms with E-state index >= 15 is 0 Å². The van der Waals surface area contributed by atoms with Crippen LogP contribution in [0.15, 0.2) is 28.7 Å². The summed E-state index contributed by atoms with van der Waals surface area (Å²) >= 11 is 0. The lowest BCUT2D eigenvalue weighted by molar-refractivity contribution is 0.0620. The number of nitrogens with zero attached hydrogens (tertiary/aromatic N) is 1. The van der Waals surface area contributed by atoms with Gasteiger partial charge in [-0.2, -0.15) is 0 Å². The molecule has 0 radical (unpaired) electrons. The van der Waals surface area contributed by atoms with Crippen LogP contribution in [0, 0.1) is 12.8 Å². The molecule has 21 heavy (non-hydrogen) atoms. The second-order valence-corrected chi connectivity index (χ2v) is 6.33. The van der Waals surface area contributed by atoms with E-state index in [1.54, 1.807) is 0 Å². The summed E-state index contributed by atoms with van der Waals surface area (Å²) < 4.78 is 5.55. The summed E-state index contributed by atoms with van der Waals surface area (Å²) in [6.45, 7) is 5.31. The van der Waals surface area contributed by atoms with Crippen LogP contribution in [-0.2, 0) is 0 Å². The highest BCUT2D eigenvalue weighted by atomic mass is 16.3. The zero-order chi connectivity index (χ0) is 14.4. The van der Waals surface area contributed by atoms with Crippen molar-refractivity contribution in [2.75, 3.05) is 19.6 Å². The lowest BCUT2D eigenvalue weighted by atomic mass is 9.84. The van der Waals surface area contributed by atoms with Gasteiger partial charge in [0.1, 0.15) is 11.3 Å². The smallest absolute Gasteiger partial charge is 0.251 e. The van der Waals surface area contributed by atoms with Gasteiger partial charge in [-0.3, -0.25) is 4.79 Å². The first-order chi connectivity index (χ1) is 10.2. The van der Waals surface area contributed by atoms with Crippen LogP contribution in [0.4, 0.5) is 0 Å². The Morgan fingerprint density at radius 3 is 2.81 bits per heavy atom. The predicted molar refractivity (Wildman–Crippen MR) is 81.4 cm³/mol. The van der Waals surface area contributed by atoms with Crippen LogP contribution >= 0.6 is 0 Å². The van der Waals surface area contributed by atoms with E-state index in [4.69, 9.17) is 4.42 Å². The monoisotopic (exact) mass is 284 g/mol. The SMILES string of the molecule is Cc1cc2cc(C(=O)NC3CN4CCC3CC4)ccc2o1. The largest absolute Gasteiger partial charge is 0.461 e. The number of hydrogen-bond donors (Lipinski definition) is 1. The van der Waals surface area contributed by atoms with Crippen molar-refractivity contribution in [2.24, 2.45) is 5.92 Å². The summed E-state index contributed by atoms with van der Waals surface area (Å²) in [6, 6.07) is 7.93. The van der Waals surface area contributed by atoms with Gasteiger partial charge in [0.25, 0.3) is 5.91 Å². The van der Waals surface area contributed by atoms with E-state index < -0.39 is 0 Å². The Kier molecular flexibility index (Phi) is 3.00. The molecule has 4 nitrogen and oxygen atoms in total. The highest BCUT2D eigenvalue weighted by Gasteiger charge is 2.34. The molecule has 0 saturated carbocycles. The molecule has 3 saturated heterocycles. The number of carbonyl (C=O) groups is 1. The number of piperidine rings is 3. The summed E-state index contributed by atoms with van der Waals surface area (Å²) in [7, 11) is 0. The topological polar surface area (TPSA) is 45.5 Å². The Bertz CT molecular complexity index is 683. The molecule has 3 aliphatic heterocycles. The minimum Gasteiger partial charge on any atom is -0.461 e. The number of rotatable bonds is 2. The maximum Gasteiger partial charge on any atom is 0.251 e. The van der Waals surface area contributed by atoms with Gasteiger partial charge in [0.2, 0.25) is 0 Å². The summed E-state index contributed by atoms with van der Waals surface area (Å²) in [6.07, 6.45) is 2.43. The number of fused-ring (bicyclic) bond motifs is 4. The maximum atomic E-state index is 12.5. The van der Waals surface area contributed by atoms with E-state index in [1.165, 1.54) is 25.9 Å². The van der Waals surface area contributed by atoms with Gasteiger partial charge < -0.3 is 14.6 Å². The summed E-state index contributed by atoms with van der Waals surface area (Å²) in [4.78, 5) is 14.9. The zero-order valence-corrected chi connectivity index (χ0v) is 12.3. The highest BCUT2D eigenvalue weighted by molar-refractivity contribution is 5.98. The number of aryl methyl sites for hydroxylation is 1. The molecule has 3 aliphatic rings. The molecule has 0 spiro atoms. The summed E-state index contributed by atoms with van der Waals surface area (Å²) in [5, 5.41) is 4.22. The second kappa shape index (κ2) is 4.88. The second-order valence-electron chi connectivity index (χ2n) is 6.33. The Balaban J connectivity index is 1.53. The van der Waals surface area contributed by atoms with Gasteiger partial charge in [-0.1, -0.05) is 0 Å². The number of hydrogen-bond acceptors (Lipinski definition) is 3. The van der Waals surface area contributed by atoms with Crippen molar-refractivity contribution in [1.82, 2.24) is 10.2 Å². The first-order valence-corrected chi connectivity index (χ1v) is 7.72. The van der Waals surface area contributed by atoms with E-state index in [0.717, 1.165) is 28.8 Å².